The maximum Gasteiger partial charge on any atom is 0.242 e. The van der Waals surface area contributed by atoms with Crippen molar-refractivity contribution in [3.8, 4) is 0 Å². The Bertz CT molecular complexity index is 722. The highest BCUT2D eigenvalue weighted by molar-refractivity contribution is 6.30. The van der Waals surface area contributed by atoms with Crippen molar-refractivity contribution in [2.45, 2.75) is 31.5 Å². The van der Waals surface area contributed by atoms with Crippen LogP contribution in [0.5, 0.6) is 0 Å². The second-order valence-corrected chi connectivity index (χ2v) is 7.29. The molecular formula is C19H26ClN5O. The van der Waals surface area contributed by atoms with Gasteiger partial charge < -0.3 is 10.6 Å². The molecule has 0 radical (unpaired) electrons. The smallest absolute Gasteiger partial charge is 0.242 e. The van der Waals surface area contributed by atoms with Crippen LogP contribution in [0.2, 0.25) is 5.02 Å². The average Bonchev–Trinajstić information content (AvgIpc) is 3.05. The highest BCUT2D eigenvalue weighted by Crippen LogP contribution is 2.17. The van der Waals surface area contributed by atoms with Gasteiger partial charge in [0.15, 0.2) is 0 Å². The predicted octanol–water partition coefficient (Wildman–Crippen LogP) is 2.11. The number of carbonyl (C=O) groups is 1. The highest BCUT2D eigenvalue weighted by Gasteiger charge is 2.25. The van der Waals surface area contributed by atoms with Crippen molar-refractivity contribution in [1.29, 1.82) is 0 Å². The highest BCUT2D eigenvalue weighted by atomic mass is 35.5. The molecule has 3 rings (SSSR count). The summed E-state index contributed by atoms with van der Waals surface area (Å²) in [6.45, 7) is 2.88. The Hall–Kier alpha value is -1.89. The first-order chi connectivity index (χ1) is 12.5. The van der Waals surface area contributed by atoms with E-state index in [4.69, 9.17) is 11.6 Å². The normalized spacial score (nSPS) is 17.2. The fraction of sp³-hybridized carbons (Fsp3) is 0.474. The number of carbonyl (C=O) groups excluding carboxylic acids is 1. The zero-order valence-electron chi connectivity index (χ0n) is 15.3. The minimum absolute atomic E-state index is 0.0108. The maximum absolute atomic E-state index is 12.6. The number of hydrogen-bond acceptors (Lipinski definition) is 4. The van der Waals surface area contributed by atoms with E-state index in [0.29, 0.717) is 0 Å². The lowest BCUT2D eigenvalue weighted by Gasteiger charge is -2.33. The van der Waals surface area contributed by atoms with Crippen LogP contribution < -0.4 is 10.6 Å². The van der Waals surface area contributed by atoms with Crippen molar-refractivity contribution in [3.63, 3.8) is 0 Å². The molecule has 1 atom stereocenters. The third-order valence-corrected chi connectivity index (χ3v) is 5.11. The number of benzene rings is 1. The van der Waals surface area contributed by atoms with Crippen LogP contribution in [0.3, 0.4) is 0 Å². The molecule has 2 N–H and O–H groups in total. The fourth-order valence-corrected chi connectivity index (χ4v) is 3.53. The number of hydrogen-bond donors (Lipinski definition) is 2. The summed E-state index contributed by atoms with van der Waals surface area (Å²) < 4.78 is 1.71. The van der Waals surface area contributed by atoms with Crippen LogP contribution in [0.4, 0.5) is 0 Å². The van der Waals surface area contributed by atoms with Gasteiger partial charge in [-0.1, -0.05) is 23.7 Å². The van der Waals surface area contributed by atoms with Crippen LogP contribution >= 0.6 is 11.6 Å². The van der Waals surface area contributed by atoms with E-state index in [1.54, 1.807) is 17.9 Å². The second-order valence-electron chi connectivity index (χ2n) is 6.85. The molecule has 1 saturated heterocycles. The lowest BCUT2D eigenvalue weighted by Crippen LogP contribution is -2.47. The second kappa shape index (κ2) is 8.66. The molecule has 6 nitrogen and oxygen atoms in total. The Kier molecular flexibility index (Phi) is 6.29. The zero-order chi connectivity index (χ0) is 18.5. The molecule has 1 aliphatic heterocycles. The quantitative estimate of drug-likeness (QED) is 0.811. The van der Waals surface area contributed by atoms with Crippen molar-refractivity contribution in [3.05, 3.63) is 52.8 Å². The molecule has 1 unspecified atom stereocenters. The molecule has 0 saturated carbocycles. The molecule has 2 aromatic rings. The number of aryl methyl sites for hydroxylation is 1. The zero-order valence-corrected chi connectivity index (χ0v) is 16.0. The van der Waals surface area contributed by atoms with Crippen molar-refractivity contribution >= 4 is 17.5 Å². The summed E-state index contributed by atoms with van der Waals surface area (Å²) in [7, 11) is 3.65. The predicted molar refractivity (Wildman–Crippen MR) is 103 cm³/mol. The van der Waals surface area contributed by atoms with Gasteiger partial charge in [-0.05, 0) is 37.6 Å². The molecule has 7 heteroatoms. The van der Waals surface area contributed by atoms with Crippen LogP contribution in [-0.4, -0.2) is 46.8 Å². The molecule has 1 aromatic heterocycles. The van der Waals surface area contributed by atoms with Crippen LogP contribution in [-0.2, 0) is 18.4 Å². The van der Waals surface area contributed by atoms with Gasteiger partial charge in [-0.15, -0.1) is 0 Å². The van der Waals surface area contributed by atoms with Gasteiger partial charge in [-0.25, -0.2) is 0 Å². The largest absolute Gasteiger partial charge is 0.352 e. The Balaban J connectivity index is 1.48. The molecule has 1 aromatic carbocycles. The SMILES string of the molecule is CNC(C(=O)NC1CCN(Cc2ccc(Cl)cc2)CC1)c1cnn(C)c1. The maximum atomic E-state index is 12.6. The third-order valence-electron chi connectivity index (χ3n) is 4.86. The molecule has 1 aliphatic rings. The summed E-state index contributed by atoms with van der Waals surface area (Å²) >= 11 is 5.94. The molecule has 0 bridgehead atoms. The molecule has 1 amide bonds. The first kappa shape index (κ1) is 18.9. The number of aromatic nitrogens is 2. The molecule has 140 valence electrons. The molecule has 1 fully saturated rings. The van der Waals surface area contributed by atoms with E-state index in [2.05, 4.69) is 32.8 Å². The summed E-state index contributed by atoms with van der Waals surface area (Å²) in [6.07, 6.45) is 5.52. The van der Waals surface area contributed by atoms with Gasteiger partial charge >= 0.3 is 0 Å². The number of piperidine rings is 1. The van der Waals surface area contributed by atoms with E-state index in [1.165, 1.54) is 5.56 Å². The number of nitrogens with zero attached hydrogens (tertiary/aromatic N) is 3. The van der Waals surface area contributed by atoms with Gasteiger partial charge in [-0.2, -0.15) is 5.10 Å². The average molecular weight is 376 g/mol. The van der Waals surface area contributed by atoms with E-state index < -0.39 is 0 Å². The molecule has 2 heterocycles. The molecule has 0 spiro atoms. The van der Waals surface area contributed by atoms with Crippen LogP contribution in [0.25, 0.3) is 0 Å². The summed E-state index contributed by atoms with van der Waals surface area (Å²) in [4.78, 5) is 15.0. The fourth-order valence-electron chi connectivity index (χ4n) is 3.41. The van der Waals surface area contributed by atoms with E-state index in [9.17, 15) is 4.79 Å². The minimum Gasteiger partial charge on any atom is -0.352 e. The summed E-state index contributed by atoms with van der Waals surface area (Å²) in [6, 6.07) is 7.86. The van der Waals surface area contributed by atoms with Gasteiger partial charge in [0.1, 0.15) is 6.04 Å². The standard InChI is InChI=1S/C19H26ClN5O/c1-21-18(15-11-22-24(2)13-15)19(26)23-17-7-9-25(10-8-17)12-14-3-5-16(20)6-4-14/h3-6,11,13,17-18,21H,7-10,12H2,1-2H3,(H,23,26). The number of nitrogens with one attached hydrogen (secondary N) is 2. The van der Waals surface area contributed by atoms with Crippen LogP contribution in [0.15, 0.2) is 36.7 Å². The molecule has 0 aliphatic carbocycles. The lowest BCUT2D eigenvalue weighted by atomic mass is 10.0. The Labute approximate surface area is 159 Å². The number of likely N-dealkylation sites (tertiary alicyclic amines) is 1. The Morgan fingerprint density at radius 2 is 2.00 bits per heavy atom. The van der Waals surface area contributed by atoms with Gasteiger partial charge in [0, 0.05) is 49.5 Å². The topological polar surface area (TPSA) is 62.2 Å². The monoisotopic (exact) mass is 375 g/mol. The van der Waals surface area contributed by atoms with Gasteiger partial charge in [0.2, 0.25) is 5.91 Å². The minimum atomic E-state index is -0.365. The van der Waals surface area contributed by atoms with E-state index >= 15 is 0 Å². The van der Waals surface area contributed by atoms with Crippen LogP contribution in [0.1, 0.15) is 30.0 Å². The number of amides is 1. The molecular weight excluding hydrogens is 350 g/mol. The lowest BCUT2D eigenvalue weighted by molar-refractivity contribution is -0.124. The summed E-state index contributed by atoms with van der Waals surface area (Å²) in [5, 5.41) is 11.2. The Morgan fingerprint density at radius 3 is 2.58 bits per heavy atom. The van der Waals surface area contributed by atoms with Gasteiger partial charge in [-0.3, -0.25) is 14.4 Å². The summed E-state index contributed by atoms with van der Waals surface area (Å²) in [5.41, 5.74) is 2.15. The van der Waals surface area contributed by atoms with Crippen molar-refractivity contribution in [2.24, 2.45) is 7.05 Å². The van der Waals surface area contributed by atoms with E-state index in [-0.39, 0.29) is 18.0 Å². The van der Waals surface area contributed by atoms with Crippen LogP contribution in [0, 0.1) is 0 Å². The summed E-state index contributed by atoms with van der Waals surface area (Å²) in [5.74, 6) is 0.0108. The molecule has 26 heavy (non-hydrogen) atoms. The van der Waals surface area contributed by atoms with Crippen molar-refractivity contribution in [1.82, 2.24) is 25.3 Å². The van der Waals surface area contributed by atoms with Gasteiger partial charge in [0.05, 0.1) is 6.20 Å². The number of halogens is 1. The van der Waals surface area contributed by atoms with Crippen molar-refractivity contribution in [2.75, 3.05) is 20.1 Å². The number of rotatable bonds is 6. The van der Waals surface area contributed by atoms with E-state index in [1.807, 2.05) is 25.4 Å². The Morgan fingerprint density at radius 1 is 1.31 bits per heavy atom. The van der Waals surface area contributed by atoms with E-state index in [0.717, 1.165) is 43.1 Å². The van der Waals surface area contributed by atoms with Crippen molar-refractivity contribution < 1.29 is 4.79 Å². The number of likely N-dealkylation sites (N-methyl/N-ethyl adjacent to an activating group) is 1. The van der Waals surface area contributed by atoms with Gasteiger partial charge in [0.25, 0.3) is 0 Å². The first-order valence-corrected chi connectivity index (χ1v) is 9.36. The third kappa shape index (κ3) is 4.84. The first-order valence-electron chi connectivity index (χ1n) is 8.98.